The lowest BCUT2D eigenvalue weighted by Crippen LogP contribution is -2.42. The van der Waals surface area contributed by atoms with Crippen LogP contribution in [-0.4, -0.2) is 52.7 Å². The van der Waals surface area contributed by atoms with E-state index >= 15 is 0 Å². The number of guanidine groups is 1. The molecule has 0 amide bonds. The largest absolute Gasteiger partial charge is 0.355 e. The third kappa shape index (κ3) is 8.16. The summed E-state index contributed by atoms with van der Waals surface area (Å²) in [6.07, 6.45) is 1.13. The van der Waals surface area contributed by atoms with Crippen LogP contribution >= 0.6 is 35.6 Å². The van der Waals surface area contributed by atoms with Crippen molar-refractivity contribution in [3.8, 4) is 0 Å². The van der Waals surface area contributed by atoms with Crippen LogP contribution in [0.15, 0.2) is 29.3 Å². The summed E-state index contributed by atoms with van der Waals surface area (Å²) in [5.41, 5.74) is 0.999. The molecule has 1 aromatic carbocycles. The summed E-state index contributed by atoms with van der Waals surface area (Å²) in [5.74, 6) is 0.672. The van der Waals surface area contributed by atoms with E-state index in [4.69, 9.17) is 11.6 Å². The Bertz CT molecular complexity index is 595. The first kappa shape index (κ1) is 21.4. The summed E-state index contributed by atoms with van der Waals surface area (Å²) in [5, 5.41) is 3.79. The molecule has 0 aliphatic rings. The first-order chi connectivity index (χ1) is 9.83. The number of hydrogen-bond donors (Lipinski definition) is 2. The van der Waals surface area contributed by atoms with Crippen molar-refractivity contribution >= 4 is 51.6 Å². The molecule has 9 heteroatoms. The summed E-state index contributed by atoms with van der Waals surface area (Å²) in [7, 11) is 0.403. The SMILES string of the molecule is CN=C(NCCNS(C)(=O)=O)N(C)Cc1ccccc1Cl.I. The van der Waals surface area contributed by atoms with Gasteiger partial charge in [0.2, 0.25) is 10.0 Å². The van der Waals surface area contributed by atoms with Crippen LogP contribution in [0.1, 0.15) is 5.56 Å². The fourth-order valence-electron chi connectivity index (χ4n) is 1.75. The van der Waals surface area contributed by atoms with Gasteiger partial charge in [0, 0.05) is 38.8 Å². The summed E-state index contributed by atoms with van der Waals surface area (Å²) >= 11 is 6.13. The van der Waals surface area contributed by atoms with Crippen molar-refractivity contribution in [2.24, 2.45) is 4.99 Å². The van der Waals surface area contributed by atoms with Gasteiger partial charge < -0.3 is 10.2 Å². The molecular formula is C13H22ClIN4O2S. The third-order valence-corrected chi connectivity index (χ3v) is 3.81. The van der Waals surface area contributed by atoms with Gasteiger partial charge in [0.05, 0.1) is 6.26 Å². The molecule has 1 aromatic rings. The van der Waals surface area contributed by atoms with Gasteiger partial charge in [-0.15, -0.1) is 24.0 Å². The second-order valence-electron chi connectivity index (χ2n) is 4.59. The number of benzene rings is 1. The van der Waals surface area contributed by atoms with E-state index in [1.807, 2.05) is 36.2 Å². The Kier molecular flexibility index (Phi) is 9.97. The zero-order valence-corrected chi connectivity index (χ0v) is 16.7. The van der Waals surface area contributed by atoms with Crippen LogP contribution in [0.25, 0.3) is 0 Å². The van der Waals surface area contributed by atoms with E-state index in [9.17, 15) is 8.42 Å². The molecule has 0 aliphatic heterocycles. The first-order valence-electron chi connectivity index (χ1n) is 6.43. The monoisotopic (exact) mass is 460 g/mol. The average Bonchev–Trinajstić information content (AvgIpc) is 2.40. The second-order valence-corrected chi connectivity index (χ2v) is 6.83. The molecule has 1 rings (SSSR count). The number of halogens is 2. The maximum atomic E-state index is 11.0. The van der Waals surface area contributed by atoms with Crippen molar-refractivity contribution in [3.05, 3.63) is 34.9 Å². The highest BCUT2D eigenvalue weighted by Crippen LogP contribution is 2.16. The van der Waals surface area contributed by atoms with Gasteiger partial charge in [-0.2, -0.15) is 0 Å². The average molecular weight is 461 g/mol. The molecule has 0 radical (unpaired) electrons. The quantitative estimate of drug-likeness (QED) is 0.292. The topological polar surface area (TPSA) is 73.8 Å². The molecule has 22 heavy (non-hydrogen) atoms. The summed E-state index contributed by atoms with van der Waals surface area (Å²) in [6, 6.07) is 7.62. The Morgan fingerprint density at radius 1 is 1.32 bits per heavy atom. The molecule has 0 aliphatic carbocycles. The maximum absolute atomic E-state index is 11.0. The van der Waals surface area contributed by atoms with E-state index in [0.717, 1.165) is 11.8 Å². The van der Waals surface area contributed by atoms with E-state index < -0.39 is 10.0 Å². The molecule has 0 unspecified atom stereocenters. The lowest BCUT2D eigenvalue weighted by molar-refractivity contribution is 0.477. The van der Waals surface area contributed by atoms with E-state index in [2.05, 4.69) is 15.0 Å². The minimum absolute atomic E-state index is 0. The van der Waals surface area contributed by atoms with Crippen LogP contribution in [0.4, 0.5) is 0 Å². The lowest BCUT2D eigenvalue weighted by atomic mass is 10.2. The molecule has 0 bridgehead atoms. The Hall–Kier alpha value is -0.580. The normalized spacial score (nSPS) is 11.7. The number of aliphatic imine (C=N–C) groups is 1. The highest BCUT2D eigenvalue weighted by Gasteiger charge is 2.08. The van der Waals surface area contributed by atoms with Gasteiger partial charge in [0.1, 0.15) is 0 Å². The molecule has 0 saturated heterocycles. The summed E-state index contributed by atoms with van der Waals surface area (Å²) in [4.78, 5) is 6.08. The van der Waals surface area contributed by atoms with Crippen molar-refractivity contribution in [3.63, 3.8) is 0 Å². The van der Waals surface area contributed by atoms with Crippen molar-refractivity contribution in [1.29, 1.82) is 0 Å². The maximum Gasteiger partial charge on any atom is 0.208 e. The Labute approximate surface area is 154 Å². The van der Waals surface area contributed by atoms with Crippen LogP contribution in [0.5, 0.6) is 0 Å². The molecule has 0 spiro atoms. The molecule has 2 N–H and O–H groups in total. The van der Waals surface area contributed by atoms with Gasteiger partial charge in [0.25, 0.3) is 0 Å². The smallest absolute Gasteiger partial charge is 0.208 e. The number of rotatable bonds is 6. The van der Waals surface area contributed by atoms with Crippen molar-refractivity contribution in [2.45, 2.75) is 6.54 Å². The fraction of sp³-hybridized carbons (Fsp3) is 0.462. The predicted octanol–water partition coefficient (Wildman–Crippen LogP) is 1.51. The highest BCUT2D eigenvalue weighted by molar-refractivity contribution is 14.0. The number of hydrogen-bond acceptors (Lipinski definition) is 3. The lowest BCUT2D eigenvalue weighted by Gasteiger charge is -2.22. The molecule has 0 heterocycles. The second kappa shape index (κ2) is 10.2. The molecular weight excluding hydrogens is 439 g/mol. The Morgan fingerprint density at radius 2 is 1.95 bits per heavy atom. The predicted molar refractivity (Wildman–Crippen MR) is 103 cm³/mol. The van der Waals surface area contributed by atoms with Crippen molar-refractivity contribution < 1.29 is 8.42 Å². The van der Waals surface area contributed by atoms with Gasteiger partial charge in [0.15, 0.2) is 5.96 Å². The van der Waals surface area contributed by atoms with E-state index in [0.29, 0.717) is 30.6 Å². The fourth-order valence-corrected chi connectivity index (χ4v) is 2.42. The third-order valence-electron chi connectivity index (χ3n) is 2.71. The number of nitrogens with one attached hydrogen (secondary N) is 2. The minimum Gasteiger partial charge on any atom is -0.355 e. The van der Waals surface area contributed by atoms with Gasteiger partial charge in [-0.25, -0.2) is 13.1 Å². The summed E-state index contributed by atoms with van der Waals surface area (Å²) in [6.45, 7) is 1.36. The highest BCUT2D eigenvalue weighted by atomic mass is 127. The van der Waals surface area contributed by atoms with Gasteiger partial charge >= 0.3 is 0 Å². The minimum atomic E-state index is -3.16. The molecule has 126 valence electrons. The molecule has 0 saturated carbocycles. The Morgan fingerprint density at radius 3 is 2.50 bits per heavy atom. The number of sulfonamides is 1. The number of nitrogens with zero attached hydrogens (tertiary/aromatic N) is 2. The molecule has 0 atom stereocenters. The van der Waals surface area contributed by atoms with Gasteiger partial charge in [-0.1, -0.05) is 29.8 Å². The van der Waals surface area contributed by atoms with Crippen LogP contribution in [0.2, 0.25) is 5.02 Å². The zero-order chi connectivity index (χ0) is 15.9. The molecule has 0 aromatic heterocycles. The van der Waals surface area contributed by atoms with Gasteiger partial charge in [-0.05, 0) is 11.6 Å². The van der Waals surface area contributed by atoms with Crippen molar-refractivity contribution in [2.75, 3.05) is 33.4 Å². The first-order valence-corrected chi connectivity index (χ1v) is 8.70. The van der Waals surface area contributed by atoms with E-state index in [-0.39, 0.29) is 24.0 Å². The van der Waals surface area contributed by atoms with E-state index in [1.54, 1.807) is 7.05 Å². The molecule has 6 nitrogen and oxygen atoms in total. The standard InChI is InChI=1S/C13H21ClN4O2S.HI/c1-15-13(16-8-9-17-21(3,19)20)18(2)10-11-6-4-5-7-12(11)14;/h4-7,17H,8-10H2,1-3H3,(H,15,16);1H. The Balaban J connectivity index is 0.00000441. The van der Waals surface area contributed by atoms with Crippen LogP contribution < -0.4 is 10.0 Å². The summed E-state index contributed by atoms with van der Waals surface area (Å²) < 4.78 is 24.3. The zero-order valence-electron chi connectivity index (χ0n) is 12.8. The van der Waals surface area contributed by atoms with Crippen LogP contribution in [0, 0.1) is 0 Å². The van der Waals surface area contributed by atoms with Gasteiger partial charge in [-0.3, -0.25) is 4.99 Å². The van der Waals surface area contributed by atoms with Crippen LogP contribution in [0.3, 0.4) is 0 Å². The van der Waals surface area contributed by atoms with Crippen LogP contribution in [-0.2, 0) is 16.6 Å². The molecule has 0 fully saturated rings. The van der Waals surface area contributed by atoms with Crippen molar-refractivity contribution in [1.82, 2.24) is 14.9 Å². The van der Waals surface area contributed by atoms with E-state index in [1.165, 1.54) is 0 Å².